The molecule has 73 heavy (non-hydrogen) atoms. The number of rotatable bonds is 10. The molecule has 2 aliphatic heterocycles. The number of benzene rings is 6. The van der Waals surface area contributed by atoms with E-state index in [0.29, 0.717) is 111 Å². The molecule has 18 heteroatoms. The average Bonchev–Trinajstić information content (AvgIpc) is 3.64. The average molecular weight is 1050 g/mol. The molecule has 6 aromatic rings. The molecule has 0 fully saturated rings. The van der Waals surface area contributed by atoms with Crippen LogP contribution in [-0.2, 0) is 23.1 Å². The van der Waals surface area contributed by atoms with Crippen molar-refractivity contribution < 1.29 is 52.0 Å². The summed E-state index contributed by atoms with van der Waals surface area (Å²) < 4.78 is 32.3. The lowest BCUT2D eigenvalue weighted by molar-refractivity contribution is 0.0334. The van der Waals surface area contributed by atoms with Gasteiger partial charge in [0.05, 0.1) is 18.9 Å². The molecular formula is C55H55Cl2N4O11P. The van der Waals surface area contributed by atoms with Gasteiger partial charge in [0.15, 0.2) is 0 Å². The van der Waals surface area contributed by atoms with Crippen molar-refractivity contribution in [3.63, 3.8) is 0 Å². The van der Waals surface area contributed by atoms with Gasteiger partial charge in [-0.1, -0.05) is 59.6 Å². The quantitative estimate of drug-likeness (QED) is 0.0874. The van der Waals surface area contributed by atoms with Crippen LogP contribution in [-0.4, -0.2) is 62.0 Å². The number of ether oxygens (including phenoxy) is 2. The molecule has 8 rings (SSSR count). The first-order valence-corrected chi connectivity index (χ1v) is 25.6. The van der Waals surface area contributed by atoms with Crippen LogP contribution in [0.5, 0.6) is 0 Å². The fraction of sp³-hybridized carbons (Fsp3) is 0.255. The number of anilines is 4. The highest BCUT2D eigenvalue weighted by Crippen LogP contribution is 2.51. The van der Waals surface area contributed by atoms with E-state index in [1.165, 1.54) is 7.11 Å². The van der Waals surface area contributed by atoms with Crippen LogP contribution >= 0.6 is 31.0 Å². The molecule has 0 saturated carbocycles. The number of aryl methyl sites for hydroxylation is 4. The second-order valence-corrected chi connectivity index (χ2v) is 19.9. The lowest BCUT2D eigenvalue weighted by Gasteiger charge is -2.25. The van der Waals surface area contributed by atoms with E-state index >= 15 is 0 Å². The molecule has 0 saturated heterocycles. The number of carbonyl (C=O) groups excluding carboxylic acids is 5. The van der Waals surface area contributed by atoms with Crippen molar-refractivity contribution in [3.05, 3.63) is 187 Å². The highest BCUT2D eigenvalue weighted by Gasteiger charge is 2.34. The Kier molecular flexibility index (Phi) is 17.6. The SMILES string of the molecule is COC(=O)OC1CCCN(C(=O)c2ccc(NC(=O)c3ccccc3C)cc2C)c2ccc(Cl)cc21.COP(=O)(O)OC1CCCN(C(=O)c2ccc(NC(=O)c3ccccc3C)cc2C)c2ccc(Cl)cc21. The predicted octanol–water partition coefficient (Wildman–Crippen LogP) is 12.9. The Morgan fingerprint density at radius 1 is 0.575 bits per heavy atom. The van der Waals surface area contributed by atoms with Crippen molar-refractivity contribution in [3.8, 4) is 0 Å². The van der Waals surface area contributed by atoms with Crippen LogP contribution in [0.1, 0.15) is 113 Å². The van der Waals surface area contributed by atoms with E-state index in [1.54, 1.807) is 94.7 Å². The van der Waals surface area contributed by atoms with Crippen molar-refractivity contribution >= 4 is 83.6 Å². The number of phosphoric acid groups is 1. The third kappa shape index (κ3) is 13.0. The van der Waals surface area contributed by atoms with Crippen molar-refractivity contribution in [1.82, 2.24) is 0 Å². The van der Waals surface area contributed by atoms with E-state index in [1.807, 2.05) is 64.1 Å². The first kappa shape index (κ1) is 53.9. The van der Waals surface area contributed by atoms with E-state index in [0.717, 1.165) is 23.8 Å². The van der Waals surface area contributed by atoms with E-state index < -0.39 is 26.2 Å². The summed E-state index contributed by atoms with van der Waals surface area (Å²) in [4.78, 5) is 77.8. The third-order valence-corrected chi connectivity index (χ3v) is 14.0. The third-order valence-electron chi connectivity index (χ3n) is 12.5. The minimum absolute atomic E-state index is 0.188. The number of methoxy groups -OCH3 is 1. The molecule has 0 aromatic heterocycles. The standard InChI is InChI=1S/C28H27ClN2O5.C27H28ClN2O6P/c1-17-7-4-5-8-21(17)26(32)30-20-11-12-22(18(2)15-20)27(33)31-14-6-9-25(36-28(34)35-3)23-16-19(29)10-13-24(23)31;1-17-7-4-5-8-21(17)26(31)29-20-11-12-22(18(2)15-20)27(32)30-14-6-9-25(36-37(33,34)35-3)23-16-19(28)10-13-24(23)30/h4-5,7-8,10-13,15-16,25H,6,9,14H2,1-3H3,(H,30,32);4-5,7-8,10-13,15-16,25H,6,9,14H2,1-3H3,(H,29,31)(H,33,34). The fourth-order valence-electron chi connectivity index (χ4n) is 8.81. The van der Waals surface area contributed by atoms with Gasteiger partial charge in [0.25, 0.3) is 23.6 Å². The van der Waals surface area contributed by atoms with Gasteiger partial charge in [-0.3, -0.25) is 28.2 Å². The Balaban J connectivity index is 0.000000214. The summed E-state index contributed by atoms with van der Waals surface area (Å²) in [6.45, 7) is 8.22. The van der Waals surface area contributed by atoms with E-state index in [2.05, 4.69) is 19.9 Å². The van der Waals surface area contributed by atoms with Crippen LogP contribution in [0, 0.1) is 27.7 Å². The van der Waals surface area contributed by atoms with Gasteiger partial charge >= 0.3 is 14.0 Å². The number of carbonyl (C=O) groups is 5. The number of nitrogens with zero attached hydrogens (tertiary/aromatic N) is 2. The topological polar surface area (TPSA) is 190 Å². The van der Waals surface area contributed by atoms with Crippen LogP contribution in [0.3, 0.4) is 0 Å². The fourth-order valence-corrected chi connectivity index (χ4v) is 9.79. The zero-order valence-corrected chi connectivity index (χ0v) is 43.5. The van der Waals surface area contributed by atoms with Crippen molar-refractivity contribution in [1.29, 1.82) is 0 Å². The molecule has 0 bridgehead atoms. The summed E-state index contributed by atoms with van der Waals surface area (Å²) in [6.07, 6.45) is -0.0844. The molecule has 0 aliphatic carbocycles. The molecule has 0 spiro atoms. The molecule has 3 N–H and O–H groups in total. The van der Waals surface area contributed by atoms with Crippen LogP contribution < -0.4 is 20.4 Å². The first-order chi connectivity index (χ1) is 34.9. The monoisotopic (exact) mass is 1050 g/mol. The molecule has 2 aliphatic rings. The summed E-state index contributed by atoms with van der Waals surface area (Å²) in [6, 6.07) is 35.2. The maximum atomic E-state index is 13.7. The summed E-state index contributed by atoms with van der Waals surface area (Å²) in [5.41, 5.74) is 8.88. The number of hydrogen-bond acceptors (Lipinski definition) is 10. The Labute approximate surface area is 433 Å². The molecular weight excluding hydrogens is 995 g/mol. The minimum Gasteiger partial charge on any atom is -0.438 e. The molecule has 6 aromatic carbocycles. The Morgan fingerprint density at radius 3 is 1.44 bits per heavy atom. The van der Waals surface area contributed by atoms with Crippen LogP contribution in [0.15, 0.2) is 121 Å². The summed E-state index contributed by atoms with van der Waals surface area (Å²) >= 11 is 12.5. The second kappa shape index (κ2) is 23.8. The Bertz CT molecular complexity index is 3130. The highest BCUT2D eigenvalue weighted by molar-refractivity contribution is 7.47. The Hall–Kier alpha value is -6.84. The van der Waals surface area contributed by atoms with Crippen molar-refractivity contribution in [2.24, 2.45) is 0 Å². The normalized spacial score (nSPS) is 15.9. The van der Waals surface area contributed by atoms with Crippen LogP contribution in [0.2, 0.25) is 10.0 Å². The molecule has 2 heterocycles. The molecule has 380 valence electrons. The molecule has 4 amide bonds. The van der Waals surface area contributed by atoms with Gasteiger partial charge in [-0.05, 0) is 161 Å². The maximum Gasteiger partial charge on any atom is 0.508 e. The zero-order chi connectivity index (χ0) is 52.6. The van der Waals surface area contributed by atoms with Crippen molar-refractivity contribution in [2.75, 3.05) is 47.7 Å². The lowest BCUT2D eigenvalue weighted by atomic mass is 10.0. The summed E-state index contributed by atoms with van der Waals surface area (Å²) in [5.74, 6) is -0.858. The van der Waals surface area contributed by atoms with Gasteiger partial charge in [0.1, 0.15) is 6.10 Å². The molecule has 3 atom stereocenters. The number of fused-ring (bicyclic) bond motifs is 2. The van der Waals surface area contributed by atoms with Crippen LogP contribution in [0.25, 0.3) is 0 Å². The van der Waals surface area contributed by atoms with Gasteiger partial charge in [0, 0.05) is 80.7 Å². The Morgan fingerprint density at radius 2 is 1.01 bits per heavy atom. The van der Waals surface area contributed by atoms with Gasteiger partial charge in [-0.25, -0.2) is 9.36 Å². The number of hydrogen-bond donors (Lipinski definition) is 3. The van der Waals surface area contributed by atoms with E-state index in [9.17, 15) is 33.4 Å². The number of phosphoric ester groups is 1. The number of nitrogens with one attached hydrogen (secondary N) is 2. The van der Waals surface area contributed by atoms with Crippen molar-refractivity contribution in [2.45, 2.75) is 65.6 Å². The smallest absolute Gasteiger partial charge is 0.438 e. The second-order valence-electron chi connectivity index (χ2n) is 17.5. The van der Waals surface area contributed by atoms with Gasteiger partial charge < -0.3 is 34.8 Å². The van der Waals surface area contributed by atoms with E-state index in [-0.39, 0.29) is 23.6 Å². The van der Waals surface area contributed by atoms with Crippen LogP contribution in [0.4, 0.5) is 27.5 Å². The maximum absolute atomic E-state index is 13.7. The van der Waals surface area contributed by atoms with Gasteiger partial charge in [0.2, 0.25) is 0 Å². The zero-order valence-electron chi connectivity index (χ0n) is 41.1. The van der Waals surface area contributed by atoms with Gasteiger partial charge in [-0.15, -0.1) is 0 Å². The first-order valence-electron chi connectivity index (χ1n) is 23.4. The largest absolute Gasteiger partial charge is 0.508 e. The minimum atomic E-state index is -4.27. The highest BCUT2D eigenvalue weighted by atomic mass is 35.5. The van der Waals surface area contributed by atoms with Gasteiger partial charge in [-0.2, -0.15) is 0 Å². The molecule has 15 nitrogen and oxygen atoms in total. The lowest BCUT2D eigenvalue weighted by Crippen LogP contribution is -2.32. The predicted molar refractivity (Wildman–Crippen MR) is 282 cm³/mol. The summed E-state index contributed by atoms with van der Waals surface area (Å²) in [5, 5.41) is 6.69. The number of halogens is 2. The molecule has 3 unspecified atom stereocenters. The molecule has 0 radical (unpaired) electrons. The summed E-state index contributed by atoms with van der Waals surface area (Å²) in [7, 11) is -1.91. The number of amides is 4. The van der Waals surface area contributed by atoms with E-state index in [4.69, 9.17) is 32.5 Å².